The molecule has 0 aromatic heterocycles. The van der Waals surface area contributed by atoms with Crippen LogP contribution in [0.2, 0.25) is 0 Å². The molecule has 0 radical (unpaired) electrons. The molecule has 0 heterocycles. The van der Waals surface area contributed by atoms with Gasteiger partial charge >= 0.3 is 0 Å². The van der Waals surface area contributed by atoms with Crippen molar-refractivity contribution in [1.29, 1.82) is 0 Å². The van der Waals surface area contributed by atoms with E-state index in [1.165, 1.54) is 0 Å². The molecule has 0 amide bonds. The molecule has 0 saturated heterocycles. The predicted octanol–water partition coefficient (Wildman–Crippen LogP) is 2.41. The topological polar surface area (TPSA) is 54.4 Å². The number of rotatable bonds is 4. The Morgan fingerprint density at radius 2 is 1.50 bits per heavy atom. The number of aromatic hydroxyl groups is 1. The van der Waals surface area contributed by atoms with E-state index >= 15 is 0 Å². The van der Waals surface area contributed by atoms with Crippen molar-refractivity contribution in [2.45, 2.75) is 11.3 Å². The minimum Gasteiger partial charge on any atom is -0.508 e. The second kappa shape index (κ2) is 5.23. The van der Waals surface area contributed by atoms with Crippen LogP contribution >= 0.6 is 0 Å². The van der Waals surface area contributed by atoms with Gasteiger partial charge in [-0.3, -0.25) is 0 Å². The van der Waals surface area contributed by atoms with Gasteiger partial charge < -0.3 is 5.11 Å². The van der Waals surface area contributed by atoms with E-state index in [1.807, 2.05) is 0 Å². The summed E-state index contributed by atoms with van der Waals surface area (Å²) in [4.78, 5) is 0.351. The van der Waals surface area contributed by atoms with Gasteiger partial charge in [0, 0.05) is 0 Å². The number of hydrogen-bond donors (Lipinski definition) is 1. The van der Waals surface area contributed by atoms with Crippen LogP contribution in [0.4, 0.5) is 0 Å². The minimum absolute atomic E-state index is 0.0712. The highest BCUT2D eigenvalue weighted by atomic mass is 32.2. The number of aryl methyl sites for hydroxylation is 1. The van der Waals surface area contributed by atoms with Gasteiger partial charge in [-0.15, -0.1) is 0 Å². The monoisotopic (exact) mass is 262 g/mol. The summed E-state index contributed by atoms with van der Waals surface area (Å²) in [5.74, 6) is 0.256. The lowest BCUT2D eigenvalue weighted by atomic mass is 10.2. The molecular formula is C14H14O3S. The zero-order chi connectivity index (χ0) is 13.0. The quantitative estimate of drug-likeness (QED) is 0.920. The summed E-state index contributed by atoms with van der Waals surface area (Å²) < 4.78 is 24.0. The van der Waals surface area contributed by atoms with E-state index in [0.717, 1.165) is 5.56 Å². The Kier molecular flexibility index (Phi) is 3.67. The lowest BCUT2D eigenvalue weighted by Gasteiger charge is -2.04. The highest BCUT2D eigenvalue weighted by molar-refractivity contribution is 7.91. The van der Waals surface area contributed by atoms with Crippen molar-refractivity contribution in [3.63, 3.8) is 0 Å². The molecule has 2 aromatic carbocycles. The minimum atomic E-state index is -3.23. The molecule has 18 heavy (non-hydrogen) atoms. The summed E-state index contributed by atoms with van der Waals surface area (Å²) in [6.07, 6.45) is 0.442. The summed E-state index contributed by atoms with van der Waals surface area (Å²) in [7, 11) is -3.23. The molecular weight excluding hydrogens is 248 g/mol. The normalized spacial score (nSPS) is 11.3. The van der Waals surface area contributed by atoms with E-state index in [0.29, 0.717) is 11.3 Å². The second-order valence-corrected chi connectivity index (χ2v) is 6.16. The smallest absolute Gasteiger partial charge is 0.178 e. The lowest BCUT2D eigenvalue weighted by molar-refractivity contribution is 0.475. The standard InChI is InChI=1S/C14H14O3S/c15-13-8-6-12(7-9-13)10-11-18(16,17)14-4-2-1-3-5-14/h1-9,15H,10-11H2. The number of hydrogen-bond acceptors (Lipinski definition) is 3. The third-order valence-electron chi connectivity index (χ3n) is 2.70. The zero-order valence-corrected chi connectivity index (χ0v) is 10.6. The summed E-state index contributed by atoms with van der Waals surface area (Å²) in [5.41, 5.74) is 0.896. The number of sulfone groups is 1. The molecule has 3 nitrogen and oxygen atoms in total. The first-order valence-corrected chi connectivity index (χ1v) is 7.29. The third-order valence-corrected chi connectivity index (χ3v) is 4.43. The first kappa shape index (κ1) is 12.6. The maximum absolute atomic E-state index is 12.0. The van der Waals surface area contributed by atoms with Gasteiger partial charge in [0.15, 0.2) is 9.84 Å². The summed E-state index contributed by atoms with van der Waals surface area (Å²) in [6, 6.07) is 15.0. The molecule has 0 spiro atoms. The fraction of sp³-hybridized carbons (Fsp3) is 0.143. The number of benzene rings is 2. The fourth-order valence-electron chi connectivity index (χ4n) is 1.66. The SMILES string of the molecule is O=S(=O)(CCc1ccc(O)cc1)c1ccccc1. The van der Waals surface area contributed by atoms with E-state index in [1.54, 1.807) is 54.6 Å². The van der Waals surface area contributed by atoms with Crippen LogP contribution in [0, 0.1) is 0 Å². The Bertz CT molecular complexity index is 601. The van der Waals surface area contributed by atoms with Crippen molar-refractivity contribution in [3.8, 4) is 5.75 Å². The Hall–Kier alpha value is -1.81. The fourth-order valence-corrected chi connectivity index (χ4v) is 2.97. The summed E-state index contributed by atoms with van der Waals surface area (Å²) in [6.45, 7) is 0. The van der Waals surface area contributed by atoms with E-state index in [4.69, 9.17) is 5.11 Å². The molecule has 0 atom stereocenters. The molecule has 2 aromatic rings. The Balaban J connectivity index is 2.08. The third kappa shape index (κ3) is 3.11. The first-order chi connectivity index (χ1) is 8.58. The highest BCUT2D eigenvalue weighted by Crippen LogP contribution is 2.14. The Morgan fingerprint density at radius 3 is 2.11 bits per heavy atom. The van der Waals surface area contributed by atoms with Gasteiger partial charge in [-0.25, -0.2) is 8.42 Å². The van der Waals surface area contributed by atoms with Gasteiger partial charge in [0.2, 0.25) is 0 Å². The van der Waals surface area contributed by atoms with Crippen molar-refractivity contribution in [3.05, 3.63) is 60.2 Å². The molecule has 0 aliphatic carbocycles. The van der Waals surface area contributed by atoms with Gasteiger partial charge in [-0.2, -0.15) is 0 Å². The van der Waals surface area contributed by atoms with E-state index < -0.39 is 9.84 Å². The molecule has 1 N–H and O–H groups in total. The lowest BCUT2D eigenvalue weighted by Crippen LogP contribution is -2.09. The second-order valence-electron chi connectivity index (χ2n) is 4.05. The number of phenols is 1. The zero-order valence-electron chi connectivity index (χ0n) is 9.78. The van der Waals surface area contributed by atoms with Crippen LogP contribution < -0.4 is 0 Å². The first-order valence-electron chi connectivity index (χ1n) is 5.64. The Morgan fingerprint density at radius 1 is 0.889 bits per heavy atom. The van der Waals surface area contributed by atoms with Crippen molar-refractivity contribution in [2.24, 2.45) is 0 Å². The molecule has 0 bridgehead atoms. The van der Waals surface area contributed by atoms with Crippen LogP contribution in [-0.4, -0.2) is 19.3 Å². The average Bonchev–Trinajstić information content (AvgIpc) is 2.39. The van der Waals surface area contributed by atoms with Crippen LogP contribution in [0.3, 0.4) is 0 Å². The molecule has 0 aliphatic heterocycles. The van der Waals surface area contributed by atoms with Crippen LogP contribution in [0.1, 0.15) is 5.56 Å². The largest absolute Gasteiger partial charge is 0.508 e. The molecule has 0 unspecified atom stereocenters. The maximum atomic E-state index is 12.0. The average molecular weight is 262 g/mol. The predicted molar refractivity (Wildman–Crippen MR) is 70.3 cm³/mol. The van der Waals surface area contributed by atoms with Crippen LogP contribution in [0.25, 0.3) is 0 Å². The molecule has 4 heteroatoms. The molecule has 0 fully saturated rings. The van der Waals surface area contributed by atoms with E-state index in [9.17, 15) is 8.42 Å². The van der Waals surface area contributed by atoms with Gasteiger partial charge in [0.25, 0.3) is 0 Å². The summed E-state index contributed by atoms with van der Waals surface area (Å²) >= 11 is 0. The Labute approximate surface area is 107 Å². The van der Waals surface area contributed by atoms with Crippen molar-refractivity contribution in [1.82, 2.24) is 0 Å². The van der Waals surface area contributed by atoms with Crippen LogP contribution in [0.15, 0.2) is 59.5 Å². The van der Waals surface area contributed by atoms with Crippen molar-refractivity contribution < 1.29 is 13.5 Å². The highest BCUT2D eigenvalue weighted by Gasteiger charge is 2.13. The van der Waals surface area contributed by atoms with Crippen molar-refractivity contribution in [2.75, 3.05) is 5.75 Å². The van der Waals surface area contributed by atoms with Crippen LogP contribution in [0.5, 0.6) is 5.75 Å². The van der Waals surface area contributed by atoms with Gasteiger partial charge in [-0.05, 0) is 36.2 Å². The van der Waals surface area contributed by atoms with Gasteiger partial charge in [0.05, 0.1) is 10.6 Å². The van der Waals surface area contributed by atoms with Crippen LogP contribution in [-0.2, 0) is 16.3 Å². The van der Waals surface area contributed by atoms with Crippen molar-refractivity contribution >= 4 is 9.84 Å². The molecule has 0 saturated carbocycles. The van der Waals surface area contributed by atoms with Gasteiger partial charge in [-0.1, -0.05) is 30.3 Å². The maximum Gasteiger partial charge on any atom is 0.178 e. The molecule has 0 aliphatic rings. The molecule has 2 rings (SSSR count). The van der Waals surface area contributed by atoms with Gasteiger partial charge in [0.1, 0.15) is 5.75 Å². The molecule has 94 valence electrons. The van der Waals surface area contributed by atoms with E-state index in [-0.39, 0.29) is 11.5 Å². The number of phenolic OH excluding ortho intramolecular Hbond substituents is 1. The summed E-state index contributed by atoms with van der Waals surface area (Å²) in [5, 5.41) is 9.14. The van der Waals surface area contributed by atoms with E-state index in [2.05, 4.69) is 0 Å².